The number of nitrogens with one attached hydrogen (secondary N) is 1. The summed E-state index contributed by atoms with van der Waals surface area (Å²) in [5.41, 5.74) is 1.72. The molecule has 1 saturated heterocycles. The molecule has 0 atom stereocenters. The Morgan fingerprint density at radius 3 is 2.56 bits per heavy atom. The van der Waals surface area contributed by atoms with Gasteiger partial charge in [0, 0.05) is 30.3 Å². The van der Waals surface area contributed by atoms with Crippen LogP contribution in [0.25, 0.3) is 0 Å². The zero-order valence-corrected chi connectivity index (χ0v) is 15.6. The van der Waals surface area contributed by atoms with Gasteiger partial charge in [-0.15, -0.1) is 0 Å². The van der Waals surface area contributed by atoms with Gasteiger partial charge in [-0.1, -0.05) is 11.6 Å². The second-order valence-electron chi connectivity index (χ2n) is 5.80. The van der Waals surface area contributed by atoms with E-state index in [9.17, 15) is 9.59 Å². The lowest BCUT2D eigenvalue weighted by molar-refractivity contribution is -0.120. The standard InChI is InChI=1S/C17H16BrClN4O2/c18-15-16(19)21-14(9-20-15)22-17(25)12-5-7-23(8-6-12)13-3-1-11(10-24)2-4-13/h1-4,9-10,12H,5-8H2,(H,21,22,25). The number of hydrogen-bond acceptors (Lipinski definition) is 5. The number of anilines is 2. The van der Waals surface area contributed by atoms with E-state index in [2.05, 4.69) is 36.1 Å². The molecule has 0 unspecified atom stereocenters. The first-order valence-electron chi connectivity index (χ1n) is 7.86. The van der Waals surface area contributed by atoms with Gasteiger partial charge in [-0.2, -0.15) is 0 Å². The van der Waals surface area contributed by atoms with E-state index in [0.29, 0.717) is 16.0 Å². The fourth-order valence-electron chi connectivity index (χ4n) is 2.80. The summed E-state index contributed by atoms with van der Waals surface area (Å²) in [5, 5.41) is 2.99. The number of aldehydes is 1. The number of piperidine rings is 1. The largest absolute Gasteiger partial charge is 0.371 e. The first-order valence-corrected chi connectivity index (χ1v) is 9.03. The molecule has 1 fully saturated rings. The zero-order chi connectivity index (χ0) is 17.8. The second kappa shape index (κ2) is 7.93. The SMILES string of the molecule is O=Cc1ccc(N2CCC(C(=O)Nc3cnc(Br)c(Cl)n3)CC2)cc1. The summed E-state index contributed by atoms with van der Waals surface area (Å²) in [6, 6.07) is 7.47. The lowest BCUT2D eigenvalue weighted by Crippen LogP contribution is -2.38. The number of hydrogen-bond donors (Lipinski definition) is 1. The molecule has 1 N–H and O–H groups in total. The van der Waals surface area contributed by atoms with Crippen molar-refractivity contribution in [3.05, 3.63) is 45.8 Å². The summed E-state index contributed by atoms with van der Waals surface area (Å²) in [4.78, 5) is 33.4. The molecule has 1 aliphatic rings. The third-order valence-electron chi connectivity index (χ3n) is 4.20. The first kappa shape index (κ1) is 17.8. The maximum absolute atomic E-state index is 12.4. The van der Waals surface area contributed by atoms with Gasteiger partial charge in [-0.3, -0.25) is 9.59 Å². The van der Waals surface area contributed by atoms with E-state index < -0.39 is 0 Å². The summed E-state index contributed by atoms with van der Waals surface area (Å²) in [7, 11) is 0. The summed E-state index contributed by atoms with van der Waals surface area (Å²) < 4.78 is 0.445. The Morgan fingerprint density at radius 1 is 1.28 bits per heavy atom. The van der Waals surface area contributed by atoms with Crippen LogP contribution in [-0.2, 0) is 4.79 Å². The molecule has 1 aromatic heterocycles. The van der Waals surface area contributed by atoms with Crippen LogP contribution in [0.1, 0.15) is 23.2 Å². The second-order valence-corrected chi connectivity index (χ2v) is 6.91. The minimum absolute atomic E-state index is 0.0661. The van der Waals surface area contributed by atoms with Gasteiger partial charge >= 0.3 is 0 Å². The molecule has 6 nitrogen and oxygen atoms in total. The Balaban J connectivity index is 1.56. The molecule has 3 rings (SSSR count). The van der Waals surface area contributed by atoms with Crippen molar-refractivity contribution in [2.75, 3.05) is 23.3 Å². The van der Waals surface area contributed by atoms with E-state index >= 15 is 0 Å². The van der Waals surface area contributed by atoms with Crippen LogP contribution in [0.3, 0.4) is 0 Å². The lowest BCUT2D eigenvalue weighted by atomic mass is 9.95. The minimum Gasteiger partial charge on any atom is -0.371 e. The van der Waals surface area contributed by atoms with Gasteiger partial charge in [0.25, 0.3) is 0 Å². The van der Waals surface area contributed by atoms with Gasteiger partial charge in [-0.25, -0.2) is 9.97 Å². The van der Waals surface area contributed by atoms with Crippen molar-refractivity contribution in [2.45, 2.75) is 12.8 Å². The zero-order valence-electron chi connectivity index (χ0n) is 13.3. The predicted molar refractivity (Wildman–Crippen MR) is 100 cm³/mol. The number of nitrogens with zero attached hydrogens (tertiary/aromatic N) is 3. The predicted octanol–water partition coefficient (Wildman–Crippen LogP) is 3.56. The maximum atomic E-state index is 12.4. The van der Waals surface area contributed by atoms with E-state index in [0.717, 1.165) is 37.9 Å². The van der Waals surface area contributed by atoms with Crippen molar-refractivity contribution in [1.29, 1.82) is 0 Å². The normalized spacial score (nSPS) is 15.0. The smallest absolute Gasteiger partial charge is 0.228 e. The molecular formula is C17H16BrClN4O2. The molecule has 0 spiro atoms. The highest BCUT2D eigenvalue weighted by Gasteiger charge is 2.25. The Bertz CT molecular complexity index is 777. The number of rotatable bonds is 4. The Hall–Kier alpha value is -1.99. The van der Waals surface area contributed by atoms with E-state index in [-0.39, 0.29) is 17.0 Å². The number of carbonyl (C=O) groups is 2. The third kappa shape index (κ3) is 4.35. The van der Waals surface area contributed by atoms with Crippen LogP contribution in [0.15, 0.2) is 35.1 Å². The minimum atomic E-state index is -0.0743. The average molecular weight is 424 g/mol. The fraction of sp³-hybridized carbons (Fsp3) is 0.294. The molecule has 0 aliphatic carbocycles. The van der Waals surface area contributed by atoms with Crippen LogP contribution >= 0.6 is 27.5 Å². The van der Waals surface area contributed by atoms with E-state index in [4.69, 9.17) is 11.6 Å². The van der Waals surface area contributed by atoms with Gasteiger partial charge in [-0.05, 0) is 53.0 Å². The van der Waals surface area contributed by atoms with Crippen molar-refractivity contribution in [3.8, 4) is 0 Å². The topological polar surface area (TPSA) is 75.2 Å². The molecule has 8 heteroatoms. The number of benzene rings is 1. The van der Waals surface area contributed by atoms with Crippen molar-refractivity contribution < 1.29 is 9.59 Å². The molecule has 2 heterocycles. The molecule has 25 heavy (non-hydrogen) atoms. The van der Waals surface area contributed by atoms with Gasteiger partial charge in [0.05, 0.1) is 6.20 Å². The quantitative estimate of drug-likeness (QED) is 0.761. The maximum Gasteiger partial charge on any atom is 0.228 e. The highest BCUT2D eigenvalue weighted by molar-refractivity contribution is 9.10. The van der Waals surface area contributed by atoms with Crippen molar-refractivity contribution in [2.24, 2.45) is 5.92 Å². The van der Waals surface area contributed by atoms with E-state index in [1.54, 1.807) is 12.1 Å². The van der Waals surface area contributed by atoms with Crippen LogP contribution in [0.4, 0.5) is 11.5 Å². The third-order valence-corrected chi connectivity index (χ3v) is 5.27. The van der Waals surface area contributed by atoms with Crippen molar-refractivity contribution in [1.82, 2.24) is 9.97 Å². The summed E-state index contributed by atoms with van der Waals surface area (Å²) in [6.45, 7) is 1.57. The molecule has 1 amide bonds. The summed E-state index contributed by atoms with van der Waals surface area (Å²) in [5.74, 6) is 0.212. The van der Waals surface area contributed by atoms with Gasteiger partial charge in [0.15, 0.2) is 11.0 Å². The Labute approximate surface area is 158 Å². The summed E-state index contributed by atoms with van der Waals surface area (Å²) >= 11 is 9.06. The molecule has 1 aliphatic heterocycles. The van der Waals surface area contributed by atoms with Crippen LogP contribution < -0.4 is 10.2 Å². The van der Waals surface area contributed by atoms with Gasteiger partial charge < -0.3 is 10.2 Å². The van der Waals surface area contributed by atoms with Crippen molar-refractivity contribution >= 4 is 51.2 Å². The number of halogens is 2. The molecule has 0 saturated carbocycles. The lowest BCUT2D eigenvalue weighted by Gasteiger charge is -2.33. The Kier molecular flexibility index (Phi) is 5.65. The number of carbonyl (C=O) groups excluding carboxylic acids is 2. The average Bonchev–Trinajstić information content (AvgIpc) is 2.65. The summed E-state index contributed by atoms with van der Waals surface area (Å²) in [6.07, 6.45) is 3.80. The highest BCUT2D eigenvalue weighted by atomic mass is 79.9. The van der Waals surface area contributed by atoms with Crippen molar-refractivity contribution in [3.63, 3.8) is 0 Å². The van der Waals surface area contributed by atoms with E-state index in [1.165, 1.54) is 6.20 Å². The molecule has 0 radical (unpaired) electrons. The van der Waals surface area contributed by atoms with Crippen LogP contribution in [-0.4, -0.2) is 35.3 Å². The Morgan fingerprint density at radius 2 is 1.96 bits per heavy atom. The molecule has 2 aromatic rings. The molecule has 0 bridgehead atoms. The molecule has 1 aromatic carbocycles. The van der Waals surface area contributed by atoms with E-state index in [1.807, 2.05) is 12.1 Å². The van der Waals surface area contributed by atoms with Crippen LogP contribution in [0, 0.1) is 5.92 Å². The van der Waals surface area contributed by atoms with Gasteiger partial charge in [0.2, 0.25) is 5.91 Å². The highest BCUT2D eigenvalue weighted by Crippen LogP contribution is 2.25. The first-order chi connectivity index (χ1) is 12.1. The number of aromatic nitrogens is 2. The molecular weight excluding hydrogens is 408 g/mol. The monoisotopic (exact) mass is 422 g/mol. The van der Waals surface area contributed by atoms with Crippen LogP contribution in [0.5, 0.6) is 0 Å². The van der Waals surface area contributed by atoms with Gasteiger partial charge in [0.1, 0.15) is 10.9 Å². The van der Waals surface area contributed by atoms with Crippen LogP contribution in [0.2, 0.25) is 5.15 Å². The molecule has 130 valence electrons. The number of amides is 1. The fourth-order valence-corrected chi connectivity index (χ4v) is 3.13.